The number of hydrogen-bond acceptors (Lipinski definition) is 3. The molecule has 12 heavy (non-hydrogen) atoms. The first kappa shape index (κ1) is 8.77. The summed E-state index contributed by atoms with van der Waals surface area (Å²) >= 11 is 0. The number of nitrogens with zero attached hydrogens (tertiary/aromatic N) is 1. The van der Waals surface area contributed by atoms with Crippen LogP contribution in [0.1, 0.15) is 19.7 Å². The predicted octanol–water partition coefficient (Wildman–Crippen LogP) is 0.866. The van der Waals surface area contributed by atoms with Crippen molar-refractivity contribution in [3.8, 4) is 5.88 Å². The molecule has 0 bridgehead atoms. The topological polar surface area (TPSA) is 55.0 Å². The Bertz CT molecular complexity index is 317. The predicted molar refractivity (Wildman–Crippen MR) is 45.4 cm³/mol. The van der Waals surface area contributed by atoms with Crippen LogP contribution in [0, 0.1) is 6.92 Å². The van der Waals surface area contributed by atoms with Crippen LogP contribution in [0.4, 0.5) is 0 Å². The maximum Gasteiger partial charge on any atom is 0.254 e. The molecule has 0 fully saturated rings. The van der Waals surface area contributed by atoms with Crippen LogP contribution in [0.3, 0.4) is 0 Å². The van der Waals surface area contributed by atoms with Crippen molar-refractivity contribution in [1.82, 2.24) is 9.97 Å². The van der Waals surface area contributed by atoms with Crippen molar-refractivity contribution < 1.29 is 4.74 Å². The van der Waals surface area contributed by atoms with Crippen molar-refractivity contribution in [3.63, 3.8) is 0 Å². The second-order valence-electron chi connectivity index (χ2n) is 2.84. The largest absolute Gasteiger partial charge is 0.475 e. The van der Waals surface area contributed by atoms with Crippen LogP contribution in [0.2, 0.25) is 0 Å². The fourth-order valence-electron chi connectivity index (χ4n) is 0.854. The fraction of sp³-hybridized carbons (Fsp3) is 0.500. The highest BCUT2D eigenvalue weighted by atomic mass is 16.5. The van der Waals surface area contributed by atoms with Gasteiger partial charge in [-0.1, -0.05) is 0 Å². The van der Waals surface area contributed by atoms with Gasteiger partial charge in [0.25, 0.3) is 5.56 Å². The van der Waals surface area contributed by atoms with Crippen LogP contribution in [0.25, 0.3) is 0 Å². The summed E-state index contributed by atoms with van der Waals surface area (Å²) in [5.74, 6) is 0.949. The molecule has 66 valence electrons. The van der Waals surface area contributed by atoms with Crippen molar-refractivity contribution in [3.05, 3.63) is 22.2 Å². The standard InChI is InChI=1S/C8H12N2O2/c1-5(2)12-8-4-7(11)9-6(3)10-8/h4-5H,1-3H3,(H,9,10,11). The van der Waals surface area contributed by atoms with Gasteiger partial charge in [0.15, 0.2) is 0 Å². The average Bonchev–Trinajstić information content (AvgIpc) is 1.81. The summed E-state index contributed by atoms with van der Waals surface area (Å²) in [5.41, 5.74) is -0.182. The van der Waals surface area contributed by atoms with Crippen LogP contribution in [-0.4, -0.2) is 16.1 Å². The highest BCUT2D eigenvalue weighted by molar-refractivity contribution is 5.08. The molecule has 0 spiro atoms. The second kappa shape index (κ2) is 3.38. The summed E-state index contributed by atoms with van der Waals surface area (Å²) in [6, 6.07) is 1.34. The Morgan fingerprint density at radius 1 is 1.58 bits per heavy atom. The zero-order valence-electron chi connectivity index (χ0n) is 7.42. The highest BCUT2D eigenvalue weighted by Gasteiger charge is 2.00. The molecule has 1 aromatic rings. The monoisotopic (exact) mass is 168 g/mol. The van der Waals surface area contributed by atoms with Gasteiger partial charge in [0.2, 0.25) is 5.88 Å². The number of H-pyrrole nitrogens is 1. The van der Waals surface area contributed by atoms with Gasteiger partial charge >= 0.3 is 0 Å². The molecular weight excluding hydrogens is 156 g/mol. The quantitative estimate of drug-likeness (QED) is 0.712. The third-order valence-corrected chi connectivity index (χ3v) is 1.19. The van der Waals surface area contributed by atoms with Gasteiger partial charge in [-0.05, 0) is 20.8 Å². The number of nitrogens with one attached hydrogen (secondary N) is 1. The molecule has 0 saturated heterocycles. The zero-order chi connectivity index (χ0) is 9.14. The molecule has 1 rings (SSSR count). The Morgan fingerprint density at radius 3 is 2.75 bits per heavy atom. The fourth-order valence-corrected chi connectivity index (χ4v) is 0.854. The summed E-state index contributed by atoms with van der Waals surface area (Å²) in [5, 5.41) is 0. The first-order valence-corrected chi connectivity index (χ1v) is 3.82. The summed E-state index contributed by atoms with van der Waals surface area (Å²) in [4.78, 5) is 17.5. The number of aromatic nitrogens is 2. The summed E-state index contributed by atoms with van der Waals surface area (Å²) in [6.07, 6.45) is 0.0405. The lowest BCUT2D eigenvalue weighted by Gasteiger charge is -2.07. The Balaban J connectivity index is 2.93. The summed E-state index contributed by atoms with van der Waals surface area (Å²) < 4.78 is 5.24. The van der Waals surface area contributed by atoms with Crippen molar-refractivity contribution in [2.45, 2.75) is 26.9 Å². The number of hydrogen-bond donors (Lipinski definition) is 1. The Hall–Kier alpha value is -1.32. The maximum absolute atomic E-state index is 10.9. The van der Waals surface area contributed by atoms with Gasteiger partial charge in [0.1, 0.15) is 5.82 Å². The minimum atomic E-state index is -0.182. The number of aromatic amines is 1. The van der Waals surface area contributed by atoms with Gasteiger partial charge < -0.3 is 9.72 Å². The summed E-state index contributed by atoms with van der Waals surface area (Å²) in [6.45, 7) is 5.49. The summed E-state index contributed by atoms with van der Waals surface area (Å²) in [7, 11) is 0. The molecule has 0 radical (unpaired) electrons. The van der Waals surface area contributed by atoms with Crippen LogP contribution < -0.4 is 10.3 Å². The van der Waals surface area contributed by atoms with Gasteiger partial charge in [-0.25, -0.2) is 4.98 Å². The first-order chi connectivity index (χ1) is 5.58. The van der Waals surface area contributed by atoms with E-state index in [-0.39, 0.29) is 11.7 Å². The minimum absolute atomic E-state index is 0.0405. The molecule has 4 heteroatoms. The molecule has 1 heterocycles. The smallest absolute Gasteiger partial charge is 0.254 e. The van der Waals surface area contributed by atoms with E-state index < -0.39 is 0 Å². The zero-order valence-corrected chi connectivity index (χ0v) is 7.42. The van der Waals surface area contributed by atoms with Crippen molar-refractivity contribution in [2.75, 3.05) is 0 Å². The lowest BCUT2D eigenvalue weighted by atomic mass is 10.5. The van der Waals surface area contributed by atoms with Gasteiger partial charge in [0.05, 0.1) is 12.2 Å². The van der Waals surface area contributed by atoms with Crippen molar-refractivity contribution in [2.24, 2.45) is 0 Å². The van der Waals surface area contributed by atoms with E-state index in [9.17, 15) is 4.79 Å². The third-order valence-electron chi connectivity index (χ3n) is 1.19. The van der Waals surface area contributed by atoms with E-state index >= 15 is 0 Å². The van der Waals surface area contributed by atoms with E-state index in [0.717, 1.165) is 0 Å². The molecule has 0 unspecified atom stereocenters. The molecule has 0 aliphatic rings. The normalized spacial score (nSPS) is 10.3. The average molecular weight is 168 g/mol. The highest BCUT2D eigenvalue weighted by Crippen LogP contribution is 2.03. The van der Waals surface area contributed by atoms with Gasteiger partial charge in [-0.2, -0.15) is 0 Å². The van der Waals surface area contributed by atoms with E-state index in [0.29, 0.717) is 11.7 Å². The molecule has 0 saturated carbocycles. The van der Waals surface area contributed by atoms with Gasteiger partial charge in [-0.15, -0.1) is 0 Å². The minimum Gasteiger partial charge on any atom is -0.475 e. The molecular formula is C8H12N2O2. The molecule has 1 aromatic heterocycles. The molecule has 0 aliphatic heterocycles. The SMILES string of the molecule is Cc1nc(OC(C)C)cc(=O)[nH]1. The van der Waals surface area contributed by atoms with Crippen LogP contribution in [0.5, 0.6) is 5.88 Å². The number of aryl methyl sites for hydroxylation is 1. The van der Waals surface area contributed by atoms with Gasteiger partial charge in [0, 0.05) is 0 Å². The molecule has 4 nitrogen and oxygen atoms in total. The molecule has 0 atom stereocenters. The third kappa shape index (κ3) is 2.38. The van der Waals surface area contributed by atoms with Crippen LogP contribution in [0.15, 0.2) is 10.9 Å². The second-order valence-corrected chi connectivity index (χ2v) is 2.84. The maximum atomic E-state index is 10.9. The molecule has 0 aromatic carbocycles. The molecule has 0 amide bonds. The lowest BCUT2D eigenvalue weighted by Crippen LogP contribution is -2.13. The van der Waals surface area contributed by atoms with Crippen molar-refractivity contribution >= 4 is 0 Å². The van der Waals surface area contributed by atoms with E-state index in [1.807, 2.05) is 13.8 Å². The van der Waals surface area contributed by atoms with E-state index in [1.165, 1.54) is 6.07 Å². The Morgan fingerprint density at radius 2 is 2.25 bits per heavy atom. The van der Waals surface area contributed by atoms with E-state index in [4.69, 9.17) is 4.74 Å². The lowest BCUT2D eigenvalue weighted by molar-refractivity contribution is 0.231. The molecule has 0 aliphatic carbocycles. The van der Waals surface area contributed by atoms with E-state index in [1.54, 1.807) is 6.92 Å². The van der Waals surface area contributed by atoms with Gasteiger partial charge in [-0.3, -0.25) is 4.79 Å². The van der Waals surface area contributed by atoms with Crippen LogP contribution in [-0.2, 0) is 0 Å². The Labute approximate surface area is 70.6 Å². The number of rotatable bonds is 2. The van der Waals surface area contributed by atoms with Crippen molar-refractivity contribution in [1.29, 1.82) is 0 Å². The van der Waals surface area contributed by atoms with Crippen LogP contribution >= 0.6 is 0 Å². The van der Waals surface area contributed by atoms with E-state index in [2.05, 4.69) is 9.97 Å². The molecule has 1 N–H and O–H groups in total. The first-order valence-electron chi connectivity index (χ1n) is 3.82. The Kier molecular flexibility index (Phi) is 2.47. The number of ether oxygens (including phenoxy) is 1.